The lowest BCUT2D eigenvalue weighted by atomic mass is 10.1. The smallest absolute Gasteiger partial charge is 0.280 e. The van der Waals surface area contributed by atoms with Gasteiger partial charge in [0.05, 0.1) is 12.9 Å². The molecule has 0 aromatic carbocycles. The number of hydrogen-bond acceptors (Lipinski definition) is 4. The van der Waals surface area contributed by atoms with Gasteiger partial charge in [0.1, 0.15) is 0 Å². The molecule has 120 valence electrons. The van der Waals surface area contributed by atoms with Gasteiger partial charge in [-0.2, -0.15) is 17.4 Å². The number of piperidine rings is 1. The maximum atomic E-state index is 12.5. The molecule has 7 nitrogen and oxygen atoms in total. The third kappa shape index (κ3) is 4.77. The highest BCUT2D eigenvalue weighted by Crippen LogP contribution is 2.19. The fourth-order valence-electron chi connectivity index (χ4n) is 2.57. The number of H-pyrrole nitrogens is 1. The predicted molar refractivity (Wildman–Crippen MR) is 81.9 cm³/mol. The van der Waals surface area contributed by atoms with Gasteiger partial charge in [0.15, 0.2) is 0 Å². The largest absolute Gasteiger partial charge is 0.347 e. The highest BCUT2D eigenvalue weighted by molar-refractivity contribution is 7.87. The van der Waals surface area contributed by atoms with E-state index < -0.39 is 10.2 Å². The minimum atomic E-state index is -3.45. The molecule has 1 aromatic heterocycles. The Balaban J connectivity index is 1.94. The third-order valence-electron chi connectivity index (χ3n) is 3.69. The minimum Gasteiger partial charge on any atom is -0.347 e. The molecule has 0 aliphatic carbocycles. The van der Waals surface area contributed by atoms with Crippen LogP contribution in [0.5, 0.6) is 0 Å². The normalized spacial score (nSPS) is 20.7. The monoisotopic (exact) mass is 315 g/mol. The summed E-state index contributed by atoms with van der Waals surface area (Å²) < 4.78 is 29.2. The molecule has 0 spiro atoms. The SMILES string of the molecule is CCCNCC1CCCCN1S(=O)(=O)NCc1cnc[nH]1. The zero-order valence-electron chi connectivity index (χ0n) is 12.5. The van der Waals surface area contributed by atoms with Gasteiger partial charge in [-0.1, -0.05) is 13.3 Å². The highest BCUT2D eigenvalue weighted by atomic mass is 32.2. The number of aromatic nitrogens is 2. The van der Waals surface area contributed by atoms with E-state index >= 15 is 0 Å². The van der Waals surface area contributed by atoms with Gasteiger partial charge in [-0.25, -0.2) is 4.98 Å². The number of hydrogen-bond donors (Lipinski definition) is 3. The van der Waals surface area contributed by atoms with Crippen LogP contribution in [0, 0.1) is 0 Å². The fraction of sp³-hybridized carbons (Fsp3) is 0.769. The second-order valence-electron chi connectivity index (χ2n) is 5.37. The van der Waals surface area contributed by atoms with Crippen LogP contribution >= 0.6 is 0 Å². The molecular weight excluding hydrogens is 290 g/mol. The van der Waals surface area contributed by atoms with Crippen molar-refractivity contribution >= 4 is 10.2 Å². The van der Waals surface area contributed by atoms with Crippen LogP contribution < -0.4 is 10.0 Å². The lowest BCUT2D eigenvalue weighted by Crippen LogP contribution is -2.52. The Morgan fingerprint density at radius 1 is 1.48 bits per heavy atom. The summed E-state index contributed by atoms with van der Waals surface area (Å²) >= 11 is 0. The molecule has 1 saturated heterocycles. The van der Waals surface area contributed by atoms with E-state index in [4.69, 9.17) is 0 Å². The van der Waals surface area contributed by atoms with Gasteiger partial charge in [-0.05, 0) is 25.8 Å². The lowest BCUT2D eigenvalue weighted by molar-refractivity contribution is 0.243. The maximum absolute atomic E-state index is 12.5. The molecule has 1 unspecified atom stereocenters. The Hall–Kier alpha value is -0.960. The van der Waals surface area contributed by atoms with E-state index in [0.29, 0.717) is 6.54 Å². The standard InChI is InChI=1S/C13H25N5O2S/c1-2-6-14-10-13-5-3-4-7-18(13)21(19,20)17-9-12-8-15-11-16-12/h8,11,13-14,17H,2-7,9-10H2,1H3,(H,15,16). The van der Waals surface area contributed by atoms with Crippen LogP contribution in [0.15, 0.2) is 12.5 Å². The molecule has 3 N–H and O–H groups in total. The van der Waals surface area contributed by atoms with E-state index in [-0.39, 0.29) is 12.6 Å². The van der Waals surface area contributed by atoms with Crippen molar-refractivity contribution in [3.05, 3.63) is 18.2 Å². The van der Waals surface area contributed by atoms with Gasteiger partial charge in [-0.15, -0.1) is 0 Å². The third-order valence-corrected chi connectivity index (χ3v) is 5.30. The van der Waals surface area contributed by atoms with Gasteiger partial charge >= 0.3 is 0 Å². The molecule has 1 aliphatic rings. The number of nitrogens with zero attached hydrogens (tertiary/aromatic N) is 2. The van der Waals surface area contributed by atoms with Crippen LogP contribution in [0.4, 0.5) is 0 Å². The molecule has 1 aromatic rings. The van der Waals surface area contributed by atoms with Crippen molar-refractivity contribution in [2.75, 3.05) is 19.6 Å². The second kappa shape index (κ2) is 7.88. The Morgan fingerprint density at radius 2 is 2.33 bits per heavy atom. The highest BCUT2D eigenvalue weighted by Gasteiger charge is 2.31. The van der Waals surface area contributed by atoms with Crippen molar-refractivity contribution in [1.29, 1.82) is 0 Å². The first kappa shape index (κ1) is 16.4. The Bertz CT molecular complexity index is 503. The summed E-state index contributed by atoms with van der Waals surface area (Å²) in [5.41, 5.74) is 0.760. The first-order valence-electron chi connectivity index (χ1n) is 7.58. The van der Waals surface area contributed by atoms with E-state index in [0.717, 1.165) is 44.5 Å². The topological polar surface area (TPSA) is 90.1 Å². The van der Waals surface area contributed by atoms with Crippen LogP contribution in [-0.2, 0) is 16.8 Å². The van der Waals surface area contributed by atoms with Gasteiger partial charge in [-0.3, -0.25) is 0 Å². The van der Waals surface area contributed by atoms with E-state index in [2.05, 4.69) is 26.9 Å². The van der Waals surface area contributed by atoms with Crippen molar-refractivity contribution in [3.63, 3.8) is 0 Å². The van der Waals surface area contributed by atoms with Crippen molar-refractivity contribution in [2.24, 2.45) is 0 Å². The lowest BCUT2D eigenvalue weighted by Gasteiger charge is -2.34. The van der Waals surface area contributed by atoms with Crippen molar-refractivity contribution < 1.29 is 8.42 Å². The van der Waals surface area contributed by atoms with Crippen LogP contribution in [-0.4, -0.2) is 48.4 Å². The summed E-state index contributed by atoms with van der Waals surface area (Å²) in [6.45, 7) is 4.59. The molecule has 2 rings (SSSR count). The first-order valence-corrected chi connectivity index (χ1v) is 9.02. The summed E-state index contributed by atoms with van der Waals surface area (Å²) in [6.07, 6.45) is 7.15. The Labute approximate surface area is 126 Å². The second-order valence-corrected chi connectivity index (χ2v) is 7.08. The van der Waals surface area contributed by atoms with E-state index in [1.54, 1.807) is 16.8 Å². The van der Waals surface area contributed by atoms with Gasteiger partial charge < -0.3 is 10.3 Å². The number of nitrogens with one attached hydrogen (secondary N) is 3. The molecule has 2 heterocycles. The Morgan fingerprint density at radius 3 is 3.05 bits per heavy atom. The Kier molecular flexibility index (Phi) is 6.16. The van der Waals surface area contributed by atoms with Crippen molar-refractivity contribution in [2.45, 2.75) is 45.2 Å². The summed E-state index contributed by atoms with van der Waals surface area (Å²) in [6, 6.07) is 0.0459. The minimum absolute atomic E-state index is 0.0459. The average molecular weight is 315 g/mol. The molecular formula is C13H25N5O2S. The van der Waals surface area contributed by atoms with E-state index in [1.165, 1.54) is 0 Å². The van der Waals surface area contributed by atoms with Crippen LogP contribution in [0.1, 0.15) is 38.3 Å². The summed E-state index contributed by atoms with van der Waals surface area (Å²) in [5.74, 6) is 0. The van der Waals surface area contributed by atoms with Crippen molar-refractivity contribution in [3.8, 4) is 0 Å². The summed E-state index contributed by atoms with van der Waals surface area (Å²) in [7, 11) is -3.45. The quantitative estimate of drug-likeness (QED) is 0.613. The van der Waals surface area contributed by atoms with Crippen molar-refractivity contribution in [1.82, 2.24) is 24.3 Å². The fourth-order valence-corrected chi connectivity index (χ4v) is 4.02. The molecule has 1 fully saturated rings. The average Bonchev–Trinajstić information content (AvgIpc) is 2.99. The van der Waals surface area contributed by atoms with E-state index in [9.17, 15) is 8.42 Å². The van der Waals surface area contributed by atoms with E-state index in [1.807, 2.05) is 0 Å². The molecule has 1 aliphatic heterocycles. The molecule has 0 amide bonds. The predicted octanol–water partition coefficient (Wildman–Crippen LogP) is 0.598. The molecule has 21 heavy (non-hydrogen) atoms. The molecule has 0 radical (unpaired) electrons. The molecule has 0 bridgehead atoms. The van der Waals surface area contributed by atoms with Crippen LogP contribution in [0.3, 0.4) is 0 Å². The zero-order valence-corrected chi connectivity index (χ0v) is 13.3. The maximum Gasteiger partial charge on any atom is 0.280 e. The molecule has 1 atom stereocenters. The number of rotatable bonds is 8. The molecule has 8 heteroatoms. The van der Waals surface area contributed by atoms with Gasteiger partial charge in [0.25, 0.3) is 10.2 Å². The molecule has 0 saturated carbocycles. The number of imidazole rings is 1. The van der Waals surface area contributed by atoms with Gasteiger partial charge in [0.2, 0.25) is 0 Å². The van der Waals surface area contributed by atoms with Crippen LogP contribution in [0.25, 0.3) is 0 Å². The first-order chi connectivity index (χ1) is 10.1. The summed E-state index contributed by atoms with van der Waals surface area (Å²) in [5, 5.41) is 3.33. The summed E-state index contributed by atoms with van der Waals surface area (Å²) in [4.78, 5) is 6.78. The van der Waals surface area contributed by atoms with Gasteiger partial charge in [0, 0.05) is 31.0 Å². The zero-order chi connectivity index (χ0) is 15.1. The van der Waals surface area contributed by atoms with Crippen LogP contribution in [0.2, 0.25) is 0 Å². The number of aromatic amines is 1.